The van der Waals surface area contributed by atoms with Gasteiger partial charge < -0.3 is 15.3 Å². The van der Waals surface area contributed by atoms with Crippen molar-refractivity contribution >= 4 is 15.8 Å². The molecule has 0 fully saturated rings. The van der Waals surface area contributed by atoms with E-state index in [2.05, 4.69) is 0 Å². The second kappa shape index (κ2) is 3.48. The number of carboxylic acids is 1. The summed E-state index contributed by atoms with van der Waals surface area (Å²) in [6.45, 7) is 2.07. The molecule has 0 rings (SSSR count). The summed E-state index contributed by atoms with van der Waals surface area (Å²) in [6.07, 6.45) is 0.784. The Kier molecular flexibility index (Phi) is 3.32. The summed E-state index contributed by atoms with van der Waals surface area (Å²) in [5.41, 5.74) is -4.73. The van der Waals surface area contributed by atoms with Crippen LogP contribution in [0.5, 0.6) is 0 Å². The van der Waals surface area contributed by atoms with Gasteiger partial charge in [0.15, 0.2) is 9.84 Å². The second-order valence-corrected chi connectivity index (χ2v) is 5.93. The lowest BCUT2D eigenvalue weighted by molar-refractivity contribution is -0.180. The molecule has 0 saturated heterocycles. The Morgan fingerprint density at radius 3 is 1.71 bits per heavy atom. The largest absolute Gasteiger partial charge is 0.479 e. The molecule has 0 aliphatic carbocycles. The van der Waals surface area contributed by atoms with Crippen LogP contribution in [0.15, 0.2) is 0 Å². The second-order valence-electron chi connectivity index (χ2n) is 3.79. The average molecular weight is 226 g/mol. The van der Waals surface area contributed by atoms with Crippen molar-refractivity contribution < 1.29 is 28.5 Å². The minimum Gasteiger partial charge on any atom is -0.479 e. The Bertz CT molecular complexity index is 325. The lowest BCUT2D eigenvalue weighted by atomic mass is 9.88. The van der Waals surface area contributed by atoms with Crippen LogP contribution in [0.2, 0.25) is 0 Å². The van der Waals surface area contributed by atoms with E-state index in [0.717, 1.165) is 20.1 Å². The molecule has 0 radical (unpaired) electrons. The molecule has 84 valence electrons. The molecule has 0 aliphatic heterocycles. The van der Waals surface area contributed by atoms with Crippen LogP contribution in [0.25, 0.3) is 0 Å². The molecule has 7 heteroatoms. The SMILES string of the molecule is CC(C)(O)C(O)(CS(C)(=O)=O)C(=O)O. The molecule has 6 nitrogen and oxygen atoms in total. The van der Waals surface area contributed by atoms with E-state index in [4.69, 9.17) is 5.11 Å². The van der Waals surface area contributed by atoms with Gasteiger partial charge in [0.2, 0.25) is 5.60 Å². The standard InChI is InChI=1S/C7H14O6S/c1-6(2,10)7(11,5(8)9)4-14(3,12)13/h10-11H,4H2,1-3H3,(H,8,9). The van der Waals surface area contributed by atoms with Crippen molar-refractivity contribution in [2.24, 2.45) is 0 Å². The van der Waals surface area contributed by atoms with Gasteiger partial charge >= 0.3 is 5.97 Å². The maximum atomic E-state index is 10.9. The lowest BCUT2D eigenvalue weighted by Gasteiger charge is -2.33. The minimum absolute atomic E-state index is 0.784. The smallest absolute Gasteiger partial charge is 0.339 e. The van der Waals surface area contributed by atoms with E-state index in [-0.39, 0.29) is 0 Å². The molecule has 0 aromatic heterocycles. The normalized spacial score (nSPS) is 17.5. The van der Waals surface area contributed by atoms with Crippen LogP contribution >= 0.6 is 0 Å². The van der Waals surface area contributed by atoms with Gasteiger partial charge in [-0.2, -0.15) is 0 Å². The molecular weight excluding hydrogens is 212 g/mol. The Morgan fingerprint density at radius 2 is 1.64 bits per heavy atom. The molecular formula is C7H14O6S. The molecule has 0 aromatic carbocycles. The predicted octanol–water partition coefficient (Wildman–Crippen LogP) is -1.38. The molecule has 1 atom stereocenters. The Morgan fingerprint density at radius 1 is 1.29 bits per heavy atom. The quantitative estimate of drug-likeness (QED) is 0.544. The van der Waals surface area contributed by atoms with Crippen molar-refractivity contribution in [3.05, 3.63) is 0 Å². The van der Waals surface area contributed by atoms with Gasteiger partial charge in [-0.3, -0.25) is 0 Å². The first-order valence-corrected chi connectivity index (χ1v) is 5.82. The molecule has 0 spiro atoms. The molecule has 0 aliphatic rings. The third kappa shape index (κ3) is 2.93. The van der Waals surface area contributed by atoms with Crippen molar-refractivity contribution in [2.45, 2.75) is 25.0 Å². The van der Waals surface area contributed by atoms with Crippen molar-refractivity contribution in [2.75, 3.05) is 12.0 Å². The van der Waals surface area contributed by atoms with Gasteiger partial charge in [0, 0.05) is 6.26 Å². The molecule has 0 heterocycles. The van der Waals surface area contributed by atoms with Crippen LogP contribution in [0, 0.1) is 0 Å². The fourth-order valence-corrected chi connectivity index (χ4v) is 2.12. The number of aliphatic carboxylic acids is 1. The zero-order chi connectivity index (χ0) is 11.8. The number of hydrogen-bond donors (Lipinski definition) is 3. The Labute approximate surface area is 82.1 Å². The third-order valence-electron chi connectivity index (χ3n) is 1.84. The average Bonchev–Trinajstić information content (AvgIpc) is 1.79. The zero-order valence-corrected chi connectivity index (χ0v) is 9.00. The number of carboxylic acid groups (broad SMARTS) is 1. The number of hydrogen-bond acceptors (Lipinski definition) is 5. The first-order valence-electron chi connectivity index (χ1n) is 3.76. The van der Waals surface area contributed by atoms with E-state index in [1.807, 2.05) is 0 Å². The molecule has 1 unspecified atom stereocenters. The molecule has 0 saturated carbocycles. The summed E-state index contributed by atoms with van der Waals surface area (Å²) < 4.78 is 21.7. The van der Waals surface area contributed by atoms with E-state index in [1.165, 1.54) is 0 Å². The van der Waals surface area contributed by atoms with Crippen molar-refractivity contribution in [1.82, 2.24) is 0 Å². The van der Waals surface area contributed by atoms with Gasteiger partial charge in [-0.25, -0.2) is 13.2 Å². The predicted molar refractivity (Wildman–Crippen MR) is 48.6 cm³/mol. The first kappa shape index (κ1) is 13.3. The summed E-state index contributed by atoms with van der Waals surface area (Å²) in [5.74, 6) is -2.80. The van der Waals surface area contributed by atoms with E-state index >= 15 is 0 Å². The summed E-state index contributed by atoms with van der Waals surface area (Å²) >= 11 is 0. The molecule has 14 heavy (non-hydrogen) atoms. The highest BCUT2D eigenvalue weighted by Gasteiger charge is 2.51. The maximum absolute atomic E-state index is 10.9. The topological polar surface area (TPSA) is 112 Å². The monoisotopic (exact) mass is 226 g/mol. The lowest BCUT2D eigenvalue weighted by Crippen LogP contribution is -2.60. The van der Waals surface area contributed by atoms with Gasteiger partial charge in [0.05, 0.1) is 11.4 Å². The van der Waals surface area contributed by atoms with Gasteiger partial charge in [0.1, 0.15) is 0 Å². The zero-order valence-electron chi connectivity index (χ0n) is 8.18. The number of rotatable bonds is 4. The Balaban J connectivity index is 5.25. The molecule has 0 bridgehead atoms. The highest BCUT2D eigenvalue weighted by molar-refractivity contribution is 7.90. The van der Waals surface area contributed by atoms with E-state index < -0.39 is 32.8 Å². The highest BCUT2D eigenvalue weighted by Crippen LogP contribution is 2.23. The summed E-state index contributed by atoms with van der Waals surface area (Å²) in [5, 5.41) is 27.6. The van der Waals surface area contributed by atoms with Gasteiger partial charge in [-0.15, -0.1) is 0 Å². The van der Waals surface area contributed by atoms with Crippen molar-refractivity contribution in [3.63, 3.8) is 0 Å². The van der Waals surface area contributed by atoms with E-state index in [9.17, 15) is 23.4 Å². The third-order valence-corrected chi connectivity index (χ3v) is 2.78. The van der Waals surface area contributed by atoms with E-state index in [1.54, 1.807) is 0 Å². The summed E-state index contributed by atoms with van der Waals surface area (Å²) in [6, 6.07) is 0. The summed E-state index contributed by atoms with van der Waals surface area (Å²) in [4.78, 5) is 10.7. The number of carbonyl (C=O) groups is 1. The van der Waals surface area contributed by atoms with Crippen LogP contribution in [0.1, 0.15) is 13.8 Å². The molecule has 0 aromatic rings. The van der Waals surface area contributed by atoms with Gasteiger partial charge in [-0.1, -0.05) is 0 Å². The van der Waals surface area contributed by atoms with Crippen LogP contribution in [-0.4, -0.2) is 52.9 Å². The number of aliphatic hydroxyl groups is 2. The Hall–Kier alpha value is -0.660. The number of sulfone groups is 1. The fourth-order valence-electron chi connectivity index (χ4n) is 0.879. The van der Waals surface area contributed by atoms with Crippen molar-refractivity contribution in [3.8, 4) is 0 Å². The van der Waals surface area contributed by atoms with Gasteiger partial charge in [-0.05, 0) is 13.8 Å². The van der Waals surface area contributed by atoms with E-state index in [0.29, 0.717) is 0 Å². The van der Waals surface area contributed by atoms with Gasteiger partial charge in [0.25, 0.3) is 0 Å². The van der Waals surface area contributed by atoms with Crippen LogP contribution in [0.3, 0.4) is 0 Å². The fraction of sp³-hybridized carbons (Fsp3) is 0.857. The minimum atomic E-state index is -3.70. The summed E-state index contributed by atoms with van der Waals surface area (Å²) in [7, 11) is -3.70. The first-order chi connectivity index (χ1) is 5.90. The van der Waals surface area contributed by atoms with Crippen molar-refractivity contribution in [1.29, 1.82) is 0 Å². The van der Waals surface area contributed by atoms with Crippen LogP contribution in [0.4, 0.5) is 0 Å². The van der Waals surface area contributed by atoms with Crippen LogP contribution in [-0.2, 0) is 14.6 Å². The van der Waals surface area contributed by atoms with Crippen LogP contribution < -0.4 is 0 Å². The molecule has 0 amide bonds. The maximum Gasteiger partial charge on any atom is 0.339 e. The highest BCUT2D eigenvalue weighted by atomic mass is 32.2. The molecule has 3 N–H and O–H groups in total.